The first-order valence-electron chi connectivity index (χ1n) is 13.1. The van der Waals surface area contributed by atoms with Crippen molar-refractivity contribution in [3.63, 3.8) is 0 Å². The molecule has 9 heteroatoms. The van der Waals surface area contributed by atoms with E-state index in [9.17, 15) is 9.59 Å². The van der Waals surface area contributed by atoms with Crippen LogP contribution in [0.5, 0.6) is 17.2 Å². The summed E-state index contributed by atoms with van der Waals surface area (Å²) < 4.78 is 19.8. The minimum Gasteiger partial charge on any atom is -0.493 e. The van der Waals surface area contributed by atoms with Crippen molar-refractivity contribution in [2.75, 3.05) is 13.2 Å². The van der Waals surface area contributed by atoms with Crippen LogP contribution in [0.3, 0.4) is 0 Å². The van der Waals surface area contributed by atoms with Gasteiger partial charge in [0.1, 0.15) is 29.5 Å². The number of imide groups is 1. The van der Waals surface area contributed by atoms with Crippen LogP contribution in [0.15, 0.2) is 27.6 Å². The Balaban J connectivity index is 1.42. The summed E-state index contributed by atoms with van der Waals surface area (Å²) in [4.78, 5) is 23.6. The molecule has 1 fully saturated rings. The molecule has 1 unspecified atom stereocenters. The molecule has 2 heterocycles. The van der Waals surface area contributed by atoms with Crippen molar-refractivity contribution in [1.29, 1.82) is 5.26 Å². The molecule has 0 spiro atoms. The minimum atomic E-state index is -0.501. The fraction of sp³-hybridized carbons (Fsp3) is 0.433. The van der Waals surface area contributed by atoms with Crippen molar-refractivity contribution in [3.8, 4) is 23.3 Å². The Morgan fingerprint density at radius 2 is 1.95 bits per heavy atom. The molecule has 0 bridgehead atoms. The topological polar surface area (TPSA) is 97.6 Å². The Hall–Kier alpha value is -2.96. The number of nitrogens with one attached hydrogen (secondary N) is 1. The first-order chi connectivity index (χ1) is 18.6. The van der Waals surface area contributed by atoms with Gasteiger partial charge in [-0.2, -0.15) is 5.26 Å². The van der Waals surface area contributed by atoms with Crippen LogP contribution in [0.1, 0.15) is 66.8 Å². The number of nitriles is 1. The van der Waals surface area contributed by atoms with Crippen molar-refractivity contribution in [2.45, 2.75) is 71.8 Å². The largest absolute Gasteiger partial charge is 0.493 e. The van der Waals surface area contributed by atoms with Crippen LogP contribution in [-0.4, -0.2) is 30.0 Å². The third kappa shape index (κ3) is 6.79. The molecule has 7 nitrogen and oxygen atoms in total. The molecule has 2 aromatic carbocycles. The van der Waals surface area contributed by atoms with Crippen LogP contribution in [0, 0.1) is 32.1 Å². The summed E-state index contributed by atoms with van der Waals surface area (Å²) in [7, 11) is 0. The van der Waals surface area contributed by atoms with Gasteiger partial charge >= 0.3 is 0 Å². The summed E-state index contributed by atoms with van der Waals surface area (Å²) in [5.41, 5.74) is 4.80. The van der Waals surface area contributed by atoms with E-state index in [4.69, 9.17) is 19.5 Å². The van der Waals surface area contributed by atoms with E-state index in [-0.39, 0.29) is 11.1 Å². The quantitative estimate of drug-likeness (QED) is 0.222. The standard InChI is InChI=1S/C30H33BrN2O5S/c1-18-19(2)27-22(20(3)26(18)36-14-8-6-5-7-13-32)11-12-30(4,38-27)17-37-24-10-9-21(15-23(24)31)16-25-28(34)33-29(35)39-25/h9-10,15-16H,5-8,11-12,14,17H2,1-4H3,(H,33,34,35). The van der Waals surface area contributed by atoms with E-state index in [1.165, 1.54) is 5.56 Å². The summed E-state index contributed by atoms with van der Waals surface area (Å²) in [5, 5.41) is 10.6. The van der Waals surface area contributed by atoms with Crippen LogP contribution in [0.25, 0.3) is 6.08 Å². The van der Waals surface area contributed by atoms with Gasteiger partial charge in [-0.15, -0.1) is 0 Å². The lowest BCUT2D eigenvalue weighted by molar-refractivity contribution is -0.115. The number of fused-ring (bicyclic) bond motifs is 1. The van der Waals surface area contributed by atoms with Crippen molar-refractivity contribution in [3.05, 3.63) is 55.4 Å². The number of rotatable bonds is 10. The fourth-order valence-corrected chi connectivity index (χ4v) is 5.98. The van der Waals surface area contributed by atoms with E-state index in [1.54, 1.807) is 6.08 Å². The highest BCUT2D eigenvalue weighted by molar-refractivity contribution is 9.10. The van der Waals surface area contributed by atoms with Gasteiger partial charge in [0.2, 0.25) is 0 Å². The Morgan fingerprint density at radius 3 is 2.64 bits per heavy atom. The second kappa shape index (κ2) is 12.5. The maximum atomic E-state index is 11.8. The molecule has 1 saturated heterocycles. The lowest BCUT2D eigenvalue weighted by Gasteiger charge is -2.38. The Labute approximate surface area is 242 Å². The zero-order chi connectivity index (χ0) is 28.2. The number of hydrogen-bond acceptors (Lipinski definition) is 7. The molecule has 1 N–H and O–H groups in total. The van der Waals surface area contributed by atoms with Gasteiger partial charge in [-0.1, -0.05) is 6.07 Å². The number of halogens is 1. The van der Waals surface area contributed by atoms with Crippen LogP contribution in [0.2, 0.25) is 0 Å². The summed E-state index contributed by atoms with van der Waals surface area (Å²) in [6.07, 6.45) is 6.79. The van der Waals surface area contributed by atoms with Crippen molar-refractivity contribution >= 4 is 44.9 Å². The summed E-state index contributed by atoms with van der Waals surface area (Å²) in [5.74, 6) is 2.17. The van der Waals surface area contributed by atoms with Gasteiger partial charge in [0.15, 0.2) is 0 Å². The van der Waals surface area contributed by atoms with E-state index in [1.807, 2.05) is 18.2 Å². The number of unbranched alkanes of at least 4 members (excludes halogenated alkanes) is 3. The second-order valence-corrected chi connectivity index (χ2v) is 12.1. The normalized spacial score (nSPS) is 19.3. The molecule has 0 aliphatic carbocycles. The first kappa shape index (κ1) is 29.0. The summed E-state index contributed by atoms with van der Waals surface area (Å²) >= 11 is 4.46. The van der Waals surface area contributed by atoms with Crippen molar-refractivity contribution in [2.24, 2.45) is 0 Å². The molecule has 0 radical (unpaired) electrons. The SMILES string of the molecule is Cc1c(C)c2c(c(C)c1OCCCCCC#N)CCC(C)(COc1ccc(C=C3SC(=O)NC3=O)cc1Br)O2. The van der Waals surface area contributed by atoms with Gasteiger partial charge in [-0.25, -0.2) is 0 Å². The molecule has 2 amide bonds. The van der Waals surface area contributed by atoms with E-state index in [2.05, 4.69) is 55.0 Å². The molecule has 2 aliphatic heterocycles. The number of thioether (sulfide) groups is 1. The van der Waals surface area contributed by atoms with Gasteiger partial charge in [0, 0.05) is 12.0 Å². The highest BCUT2D eigenvalue weighted by Gasteiger charge is 2.36. The smallest absolute Gasteiger partial charge is 0.290 e. The van der Waals surface area contributed by atoms with E-state index < -0.39 is 5.60 Å². The number of nitrogens with zero attached hydrogens (tertiary/aromatic N) is 1. The number of benzene rings is 2. The monoisotopic (exact) mass is 612 g/mol. The highest BCUT2D eigenvalue weighted by atomic mass is 79.9. The molecule has 39 heavy (non-hydrogen) atoms. The number of carbonyl (C=O) groups is 2. The number of ether oxygens (including phenoxy) is 3. The fourth-order valence-electron chi connectivity index (χ4n) is 4.78. The predicted molar refractivity (Wildman–Crippen MR) is 156 cm³/mol. The minimum absolute atomic E-state index is 0.361. The van der Waals surface area contributed by atoms with E-state index >= 15 is 0 Å². The second-order valence-electron chi connectivity index (χ2n) is 10.2. The molecule has 0 aromatic heterocycles. The van der Waals surface area contributed by atoms with Crippen LogP contribution in [-0.2, 0) is 11.2 Å². The number of amides is 2. The lowest BCUT2D eigenvalue weighted by Crippen LogP contribution is -2.42. The van der Waals surface area contributed by atoms with Gasteiger partial charge < -0.3 is 14.2 Å². The molecular formula is C30H33BrN2O5S. The van der Waals surface area contributed by atoms with Crippen molar-refractivity contribution in [1.82, 2.24) is 5.32 Å². The van der Waals surface area contributed by atoms with Gasteiger partial charge in [0.05, 0.1) is 22.1 Å². The van der Waals surface area contributed by atoms with Crippen LogP contribution in [0.4, 0.5) is 4.79 Å². The summed E-state index contributed by atoms with van der Waals surface area (Å²) in [6, 6.07) is 7.75. The number of hydrogen-bond donors (Lipinski definition) is 1. The van der Waals surface area contributed by atoms with Crippen LogP contribution < -0.4 is 19.5 Å². The zero-order valence-corrected chi connectivity index (χ0v) is 25.1. The van der Waals surface area contributed by atoms with Crippen LogP contribution >= 0.6 is 27.7 Å². The Kier molecular flexibility index (Phi) is 9.29. The molecule has 4 rings (SSSR count). The van der Waals surface area contributed by atoms with Crippen molar-refractivity contribution < 1.29 is 23.8 Å². The lowest BCUT2D eigenvalue weighted by atomic mass is 9.87. The maximum Gasteiger partial charge on any atom is 0.290 e. The third-order valence-corrected chi connectivity index (χ3v) is 8.60. The van der Waals surface area contributed by atoms with Gasteiger partial charge in [0.25, 0.3) is 11.1 Å². The first-order valence-corrected chi connectivity index (χ1v) is 14.7. The Morgan fingerprint density at radius 1 is 1.15 bits per heavy atom. The summed E-state index contributed by atoms with van der Waals surface area (Å²) in [6.45, 7) is 9.36. The molecule has 1 atom stereocenters. The van der Waals surface area contributed by atoms with Gasteiger partial charge in [-0.3, -0.25) is 14.9 Å². The Bertz CT molecular complexity index is 1370. The van der Waals surface area contributed by atoms with E-state index in [0.717, 1.165) is 82.1 Å². The molecule has 2 aromatic rings. The maximum absolute atomic E-state index is 11.8. The number of carbonyl (C=O) groups excluding carboxylic acids is 2. The predicted octanol–water partition coefficient (Wildman–Crippen LogP) is 7.32. The molecule has 0 saturated carbocycles. The third-order valence-electron chi connectivity index (χ3n) is 7.17. The average Bonchev–Trinajstić information content (AvgIpc) is 3.22. The zero-order valence-electron chi connectivity index (χ0n) is 22.7. The van der Waals surface area contributed by atoms with E-state index in [0.29, 0.717) is 30.3 Å². The average molecular weight is 614 g/mol. The van der Waals surface area contributed by atoms with Gasteiger partial charge in [-0.05, 0) is 128 Å². The molecular weight excluding hydrogens is 580 g/mol. The molecule has 2 aliphatic rings. The molecule has 206 valence electrons. The highest BCUT2D eigenvalue weighted by Crippen LogP contribution is 2.44.